The monoisotopic (exact) mass is 342 g/mol. The predicted molar refractivity (Wildman–Crippen MR) is 92.3 cm³/mol. The van der Waals surface area contributed by atoms with Crippen molar-refractivity contribution in [2.45, 2.75) is 25.9 Å². The van der Waals surface area contributed by atoms with Crippen molar-refractivity contribution >= 4 is 22.8 Å². The minimum Gasteiger partial charge on any atom is -0.368 e. The number of H-pyrrole nitrogens is 1. The van der Waals surface area contributed by atoms with Gasteiger partial charge in [0, 0.05) is 38.3 Å². The fourth-order valence-corrected chi connectivity index (χ4v) is 3.56. The van der Waals surface area contributed by atoms with Gasteiger partial charge in [0.25, 0.3) is 11.8 Å². The maximum atomic E-state index is 12.7. The second-order valence-corrected chi connectivity index (χ2v) is 6.67. The molecular formula is C18H22N4O3. The van der Waals surface area contributed by atoms with Crippen LogP contribution in [0.1, 0.15) is 29.0 Å². The minimum atomic E-state index is -0.284. The number of amides is 2. The molecule has 2 fully saturated rings. The second kappa shape index (κ2) is 6.48. The topological polar surface area (TPSA) is 78.5 Å². The summed E-state index contributed by atoms with van der Waals surface area (Å²) < 4.78 is 5.47. The Morgan fingerprint density at radius 1 is 1.20 bits per heavy atom. The van der Waals surface area contributed by atoms with Crippen LogP contribution in [0.5, 0.6) is 0 Å². The lowest BCUT2D eigenvalue weighted by molar-refractivity contribution is -0.142. The van der Waals surface area contributed by atoms with Gasteiger partial charge in [-0.2, -0.15) is 0 Å². The summed E-state index contributed by atoms with van der Waals surface area (Å²) in [6, 6.07) is 5.53. The van der Waals surface area contributed by atoms with Crippen molar-refractivity contribution in [3.63, 3.8) is 0 Å². The second-order valence-electron chi connectivity index (χ2n) is 6.67. The number of aromatic nitrogens is 2. The van der Waals surface area contributed by atoms with Gasteiger partial charge in [-0.25, -0.2) is 4.98 Å². The number of carbonyl (C=O) groups is 2. The number of piperazine rings is 1. The van der Waals surface area contributed by atoms with Crippen LogP contribution >= 0.6 is 0 Å². The van der Waals surface area contributed by atoms with Crippen LogP contribution in [0.4, 0.5) is 0 Å². The van der Waals surface area contributed by atoms with E-state index in [-0.39, 0.29) is 17.9 Å². The number of hydrogen-bond donors (Lipinski definition) is 1. The Bertz CT molecular complexity index is 802. The number of benzene rings is 1. The van der Waals surface area contributed by atoms with Crippen molar-refractivity contribution in [2.75, 3.05) is 32.8 Å². The third kappa shape index (κ3) is 3.11. The smallest absolute Gasteiger partial charge is 0.254 e. The normalized spacial score (nSPS) is 21.1. The lowest BCUT2D eigenvalue weighted by Gasteiger charge is -2.35. The molecule has 1 aromatic heterocycles. The molecule has 2 aromatic rings. The molecule has 2 saturated heterocycles. The van der Waals surface area contributed by atoms with Gasteiger partial charge in [0.15, 0.2) is 0 Å². The molecule has 1 aromatic carbocycles. The van der Waals surface area contributed by atoms with Crippen LogP contribution in [-0.2, 0) is 9.53 Å². The van der Waals surface area contributed by atoms with Crippen LogP contribution in [0.25, 0.3) is 11.0 Å². The summed E-state index contributed by atoms with van der Waals surface area (Å²) in [5.41, 5.74) is 2.38. The molecule has 1 unspecified atom stereocenters. The Morgan fingerprint density at radius 2 is 1.96 bits per heavy atom. The average Bonchev–Trinajstić information content (AvgIpc) is 3.28. The van der Waals surface area contributed by atoms with Crippen molar-refractivity contribution in [1.29, 1.82) is 0 Å². The number of aryl methyl sites for hydroxylation is 1. The number of nitrogens with zero attached hydrogens (tertiary/aromatic N) is 3. The average molecular weight is 342 g/mol. The summed E-state index contributed by atoms with van der Waals surface area (Å²) in [6.07, 6.45) is 1.47. The van der Waals surface area contributed by atoms with Crippen LogP contribution in [0, 0.1) is 6.92 Å². The third-order valence-electron chi connectivity index (χ3n) is 4.93. The number of carbonyl (C=O) groups excluding carboxylic acids is 2. The van der Waals surface area contributed by atoms with E-state index in [9.17, 15) is 9.59 Å². The highest BCUT2D eigenvalue weighted by molar-refractivity contribution is 5.97. The lowest BCUT2D eigenvalue weighted by Crippen LogP contribution is -2.52. The summed E-state index contributed by atoms with van der Waals surface area (Å²) in [7, 11) is 0. The Hall–Kier alpha value is -2.41. The van der Waals surface area contributed by atoms with Gasteiger partial charge in [0.2, 0.25) is 0 Å². The molecule has 4 rings (SSSR count). The van der Waals surface area contributed by atoms with E-state index >= 15 is 0 Å². The summed E-state index contributed by atoms with van der Waals surface area (Å²) in [5.74, 6) is 0.901. The first-order valence-corrected chi connectivity index (χ1v) is 8.78. The molecule has 0 bridgehead atoms. The zero-order chi connectivity index (χ0) is 17.4. The highest BCUT2D eigenvalue weighted by atomic mass is 16.5. The van der Waals surface area contributed by atoms with Crippen LogP contribution in [0.15, 0.2) is 18.2 Å². The van der Waals surface area contributed by atoms with Gasteiger partial charge in [0.05, 0.1) is 11.0 Å². The van der Waals surface area contributed by atoms with Crippen LogP contribution < -0.4 is 0 Å². The van der Waals surface area contributed by atoms with E-state index in [1.165, 1.54) is 0 Å². The van der Waals surface area contributed by atoms with Gasteiger partial charge in [-0.3, -0.25) is 9.59 Å². The number of hydrogen-bond acceptors (Lipinski definition) is 4. The fraction of sp³-hybridized carbons (Fsp3) is 0.500. The zero-order valence-corrected chi connectivity index (χ0v) is 14.3. The maximum Gasteiger partial charge on any atom is 0.254 e. The molecule has 1 atom stereocenters. The minimum absolute atomic E-state index is 0.00151. The van der Waals surface area contributed by atoms with Crippen molar-refractivity contribution in [3.8, 4) is 0 Å². The first-order chi connectivity index (χ1) is 12.1. The predicted octanol–water partition coefficient (Wildman–Crippen LogP) is 1.33. The number of ether oxygens (including phenoxy) is 1. The SMILES string of the molecule is Cc1nc2ccc(C(=O)N3CCN(C(=O)C4CCCO4)CC3)cc2[nH]1. The molecule has 0 spiro atoms. The molecule has 2 amide bonds. The number of aromatic amines is 1. The lowest BCUT2D eigenvalue weighted by atomic mass is 10.1. The molecule has 132 valence electrons. The number of nitrogens with one attached hydrogen (secondary N) is 1. The van der Waals surface area contributed by atoms with E-state index in [4.69, 9.17) is 4.74 Å². The van der Waals surface area contributed by atoms with E-state index < -0.39 is 0 Å². The first-order valence-electron chi connectivity index (χ1n) is 8.78. The highest BCUT2D eigenvalue weighted by Crippen LogP contribution is 2.18. The molecule has 0 aliphatic carbocycles. The third-order valence-corrected chi connectivity index (χ3v) is 4.93. The summed E-state index contributed by atoms with van der Waals surface area (Å²) >= 11 is 0. The van der Waals surface area contributed by atoms with E-state index in [1.54, 1.807) is 0 Å². The molecule has 7 nitrogen and oxygen atoms in total. The van der Waals surface area contributed by atoms with Crippen LogP contribution in [0.3, 0.4) is 0 Å². The van der Waals surface area contributed by atoms with Crippen molar-refractivity contribution < 1.29 is 14.3 Å². The Balaban J connectivity index is 1.40. The molecule has 2 aliphatic heterocycles. The number of rotatable bonds is 2. The summed E-state index contributed by atoms with van der Waals surface area (Å²) in [6.45, 7) is 4.80. The van der Waals surface area contributed by atoms with Crippen molar-refractivity contribution in [2.24, 2.45) is 0 Å². The maximum absolute atomic E-state index is 12.7. The van der Waals surface area contributed by atoms with E-state index in [0.29, 0.717) is 38.3 Å². The van der Waals surface area contributed by atoms with E-state index in [1.807, 2.05) is 34.9 Å². The van der Waals surface area contributed by atoms with Gasteiger partial charge in [-0.05, 0) is 38.0 Å². The van der Waals surface area contributed by atoms with Gasteiger partial charge in [0.1, 0.15) is 11.9 Å². The quantitative estimate of drug-likeness (QED) is 0.893. The Morgan fingerprint density at radius 3 is 2.68 bits per heavy atom. The molecule has 0 radical (unpaired) electrons. The number of imidazole rings is 1. The molecule has 3 heterocycles. The van der Waals surface area contributed by atoms with Gasteiger partial charge < -0.3 is 19.5 Å². The largest absolute Gasteiger partial charge is 0.368 e. The van der Waals surface area contributed by atoms with E-state index in [0.717, 1.165) is 29.7 Å². The Labute approximate surface area is 146 Å². The fourth-order valence-electron chi connectivity index (χ4n) is 3.56. The Kier molecular flexibility index (Phi) is 4.17. The van der Waals surface area contributed by atoms with Crippen molar-refractivity contribution in [1.82, 2.24) is 19.8 Å². The molecule has 1 N–H and O–H groups in total. The van der Waals surface area contributed by atoms with Gasteiger partial charge >= 0.3 is 0 Å². The van der Waals surface area contributed by atoms with E-state index in [2.05, 4.69) is 9.97 Å². The molecular weight excluding hydrogens is 320 g/mol. The summed E-state index contributed by atoms with van der Waals surface area (Å²) in [4.78, 5) is 36.3. The van der Waals surface area contributed by atoms with Crippen LogP contribution in [-0.4, -0.2) is 70.5 Å². The molecule has 25 heavy (non-hydrogen) atoms. The van der Waals surface area contributed by atoms with Gasteiger partial charge in [-0.15, -0.1) is 0 Å². The summed E-state index contributed by atoms with van der Waals surface area (Å²) in [5, 5.41) is 0. The molecule has 0 saturated carbocycles. The van der Waals surface area contributed by atoms with Crippen molar-refractivity contribution in [3.05, 3.63) is 29.6 Å². The zero-order valence-electron chi connectivity index (χ0n) is 14.3. The van der Waals surface area contributed by atoms with Crippen LogP contribution in [0.2, 0.25) is 0 Å². The standard InChI is InChI=1S/C18H22N4O3/c1-12-19-14-5-4-13(11-15(14)20-12)17(23)21-6-8-22(9-7-21)18(24)16-3-2-10-25-16/h4-5,11,16H,2-3,6-10H2,1H3,(H,19,20). The van der Waals surface area contributed by atoms with Gasteiger partial charge in [-0.1, -0.05) is 0 Å². The molecule has 7 heteroatoms. The number of fused-ring (bicyclic) bond motifs is 1. The first kappa shape index (κ1) is 16.1. The highest BCUT2D eigenvalue weighted by Gasteiger charge is 2.31. The molecule has 2 aliphatic rings.